The molecule has 5 nitrogen and oxygen atoms in total. The van der Waals surface area contributed by atoms with Gasteiger partial charge in [-0.2, -0.15) is 5.10 Å². The summed E-state index contributed by atoms with van der Waals surface area (Å²) < 4.78 is 2.33. The Morgan fingerprint density at radius 2 is 2.20 bits per heavy atom. The quantitative estimate of drug-likeness (QED) is 0.621. The summed E-state index contributed by atoms with van der Waals surface area (Å²) in [4.78, 5) is 10.1. The Morgan fingerprint density at radius 3 is 2.80 bits per heavy atom. The summed E-state index contributed by atoms with van der Waals surface area (Å²) in [5, 5.41) is 14.6. The molecule has 2 rings (SSSR count). The number of nitrogens with zero attached hydrogens (tertiary/aromatic N) is 3. The van der Waals surface area contributed by atoms with E-state index in [-0.39, 0.29) is 5.69 Å². The molecular formula is C9H6BrN3O2. The zero-order valence-electron chi connectivity index (χ0n) is 7.50. The smallest absolute Gasteiger partial charge is 0.258 e. The van der Waals surface area contributed by atoms with Crippen LogP contribution < -0.4 is 0 Å². The maximum atomic E-state index is 10.6. The fourth-order valence-corrected chi connectivity index (χ4v) is 1.63. The van der Waals surface area contributed by atoms with Crippen LogP contribution in [0.1, 0.15) is 0 Å². The van der Waals surface area contributed by atoms with Gasteiger partial charge >= 0.3 is 0 Å². The molecule has 1 aromatic carbocycles. The van der Waals surface area contributed by atoms with Crippen LogP contribution in [0.25, 0.3) is 5.69 Å². The zero-order chi connectivity index (χ0) is 10.8. The minimum absolute atomic E-state index is 0.0508. The fourth-order valence-electron chi connectivity index (χ4n) is 1.22. The largest absolute Gasteiger partial charge is 0.271 e. The van der Waals surface area contributed by atoms with Crippen molar-refractivity contribution in [1.82, 2.24) is 9.78 Å². The number of aromatic nitrogens is 2. The first-order chi connectivity index (χ1) is 7.18. The highest BCUT2D eigenvalue weighted by Crippen LogP contribution is 2.19. The van der Waals surface area contributed by atoms with Gasteiger partial charge in [0.25, 0.3) is 5.69 Å². The molecule has 0 saturated carbocycles. The molecule has 2 aromatic rings. The van der Waals surface area contributed by atoms with Gasteiger partial charge in [-0.15, -0.1) is 0 Å². The van der Waals surface area contributed by atoms with Crippen molar-refractivity contribution in [3.05, 3.63) is 51.2 Å². The normalized spacial score (nSPS) is 10.2. The number of nitro groups is 1. The highest BCUT2D eigenvalue weighted by Gasteiger charge is 2.08. The average molecular weight is 268 g/mol. The highest BCUT2D eigenvalue weighted by molar-refractivity contribution is 9.10. The monoisotopic (exact) mass is 267 g/mol. The van der Waals surface area contributed by atoms with E-state index >= 15 is 0 Å². The third-order valence-corrected chi connectivity index (χ3v) is 2.48. The maximum absolute atomic E-state index is 10.6. The second-order valence-electron chi connectivity index (χ2n) is 2.84. The lowest BCUT2D eigenvalue weighted by Crippen LogP contribution is -1.97. The second kappa shape index (κ2) is 3.82. The molecule has 0 N–H and O–H groups in total. The Balaban J connectivity index is 2.50. The molecule has 0 fully saturated rings. The van der Waals surface area contributed by atoms with Gasteiger partial charge in [0, 0.05) is 12.1 Å². The predicted octanol–water partition coefficient (Wildman–Crippen LogP) is 2.54. The van der Waals surface area contributed by atoms with Crippen LogP contribution in [0.5, 0.6) is 0 Å². The summed E-state index contributed by atoms with van der Waals surface area (Å²) in [6, 6.07) is 8.06. The topological polar surface area (TPSA) is 61.0 Å². The van der Waals surface area contributed by atoms with Gasteiger partial charge in [-0.25, -0.2) is 4.68 Å². The minimum atomic E-state index is -0.430. The lowest BCUT2D eigenvalue weighted by Gasteiger charge is -2.02. The van der Waals surface area contributed by atoms with Crippen LogP contribution >= 0.6 is 15.9 Å². The van der Waals surface area contributed by atoms with Gasteiger partial charge in [0.05, 0.1) is 16.8 Å². The standard InChI is InChI=1S/C9H6BrN3O2/c10-9-4-5-11-12(9)7-2-1-3-8(6-7)13(14)15/h1-6H. The van der Waals surface area contributed by atoms with Gasteiger partial charge in [0.15, 0.2) is 0 Å². The summed E-state index contributed by atoms with van der Waals surface area (Å²) in [7, 11) is 0. The number of hydrogen-bond donors (Lipinski definition) is 0. The van der Waals surface area contributed by atoms with Crippen molar-refractivity contribution >= 4 is 21.6 Å². The molecule has 76 valence electrons. The molecule has 0 spiro atoms. The molecule has 0 amide bonds. The molecule has 0 bridgehead atoms. The van der Waals surface area contributed by atoms with Crippen molar-refractivity contribution in [3.8, 4) is 5.69 Å². The first-order valence-electron chi connectivity index (χ1n) is 4.13. The van der Waals surface area contributed by atoms with Gasteiger partial charge in [-0.1, -0.05) is 6.07 Å². The molecule has 0 atom stereocenters. The van der Waals surface area contributed by atoms with E-state index in [1.807, 2.05) is 0 Å². The number of hydrogen-bond acceptors (Lipinski definition) is 3. The van der Waals surface area contributed by atoms with Crippen molar-refractivity contribution < 1.29 is 4.92 Å². The van der Waals surface area contributed by atoms with Gasteiger partial charge < -0.3 is 0 Å². The van der Waals surface area contributed by atoms with Gasteiger partial charge in [0.1, 0.15) is 4.60 Å². The summed E-state index contributed by atoms with van der Waals surface area (Å²) in [6.45, 7) is 0. The Labute approximate surface area is 93.6 Å². The fraction of sp³-hybridized carbons (Fsp3) is 0. The van der Waals surface area contributed by atoms with E-state index in [1.165, 1.54) is 12.1 Å². The number of non-ortho nitro benzene ring substituents is 1. The molecule has 6 heteroatoms. The van der Waals surface area contributed by atoms with Gasteiger partial charge in [-0.05, 0) is 28.1 Å². The molecule has 0 aliphatic heterocycles. The van der Waals surface area contributed by atoms with Crippen LogP contribution in [0.3, 0.4) is 0 Å². The van der Waals surface area contributed by atoms with E-state index in [9.17, 15) is 10.1 Å². The molecule has 0 radical (unpaired) electrons. The molecule has 1 aromatic heterocycles. The van der Waals surface area contributed by atoms with Gasteiger partial charge in [0.2, 0.25) is 0 Å². The van der Waals surface area contributed by atoms with E-state index < -0.39 is 4.92 Å². The third kappa shape index (κ3) is 1.89. The Kier molecular flexibility index (Phi) is 2.51. The molecule has 0 unspecified atom stereocenters. The first-order valence-corrected chi connectivity index (χ1v) is 4.92. The van der Waals surface area contributed by atoms with E-state index in [0.29, 0.717) is 5.69 Å². The second-order valence-corrected chi connectivity index (χ2v) is 3.66. The van der Waals surface area contributed by atoms with E-state index in [0.717, 1.165) is 4.60 Å². The number of rotatable bonds is 2. The van der Waals surface area contributed by atoms with Crippen LogP contribution in [0.2, 0.25) is 0 Å². The van der Waals surface area contributed by atoms with Crippen LogP contribution in [0, 0.1) is 10.1 Å². The first kappa shape index (κ1) is 9.85. The molecule has 15 heavy (non-hydrogen) atoms. The maximum Gasteiger partial charge on any atom is 0.271 e. The zero-order valence-corrected chi connectivity index (χ0v) is 9.09. The van der Waals surface area contributed by atoms with E-state index in [2.05, 4.69) is 21.0 Å². The minimum Gasteiger partial charge on any atom is -0.258 e. The number of benzene rings is 1. The molecule has 0 saturated heterocycles. The van der Waals surface area contributed by atoms with Crippen LogP contribution in [0.15, 0.2) is 41.1 Å². The van der Waals surface area contributed by atoms with E-state index in [4.69, 9.17) is 0 Å². The Hall–Kier alpha value is -1.69. The number of nitro benzene ring substituents is 1. The van der Waals surface area contributed by atoms with Crippen LogP contribution in [0.4, 0.5) is 5.69 Å². The Morgan fingerprint density at radius 1 is 1.40 bits per heavy atom. The molecular weight excluding hydrogens is 262 g/mol. The molecule has 1 heterocycles. The molecule has 0 aliphatic carbocycles. The predicted molar refractivity (Wildman–Crippen MR) is 57.9 cm³/mol. The Bertz CT molecular complexity index is 510. The summed E-state index contributed by atoms with van der Waals surface area (Å²) in [5.74, 6) is 0. The van der Waals surface area contributed by atoms with Crippen molar-refractivity contribution in [1.29, 1.82) is 0 Å². The molecule has 0 aliphatic rings. The lowest BCUT2D eigenvalue weighted by molar-refractivity contribution is -0.384. The van der Waals surface area contributed by atoms with Crippen molar-refractivity contribution in [2.75, 3.05) is 0 Å². The summed E-state index contributed by atoms with van der Waals surface area (Å²) in [6.07, 6.45) is 1.61. The average Bonchev–Trinajstić information content (AvgIpc) is 2.64. The third-order valence-electron chi connectivity index (χ3n) is 1.88. The van der Waals surface area contributed by atoms with Gasteiger partial charge in [-0.3, -0.25) is 10.1 Å². The van der Waals surface area contributed by atoms with Crippen LogP contribution in [-0.4, -0.2) is 14.7 Å². The van der Waals surface area contributed by atoms with Crippen molar-refractivity contribution in [2.45, 2.75) is 0 Å². The van der Waals surface area contributed by atoms with Crippen molar-refractivity contribution in [3.63, 3.8) is 0 Å². The highest BCUT2D eigenvalue weighted by atomic mass is 79.9. The lowest BCUT2D eigenvalue weighted by atomic mass is 10.3. The van der Waals surface area contributed by atoms with Crippen molar-refractivity contribution in [2.24, 2.45) is 0 Å². The number of halogens is 1. The van der Waals surface area contributed by atoms with Crippen LogP contribution in [-0.2, 0) is 0 Å². The summed E-state index contributed by atoms with van der Waals surface area (Å²) in [5.41, 5.74) is 0.705. The SMILES string of the molecule is O=[N+]([O-])c1cccc(-n2nccc2Br)c1. The summed E-state index contributed by atoms with van der Waals surface area (Å²) >= 11 is 3.30. The van der Waals surface area contributed by atoms with E-state index in [1.54, 1.807) is 29.1 Å².